The molecular weight excluding hydrogens is 374 g/mol. The van der Waals surface area contributed by atoms with Gasteiger partial charge >= 0.3 is 0 Å². The summed E-state index contributed by atoms with van der Waals surface area (Å²) >= 11 is 0. The lowest BCUT2D eigenvalue weighted by Gasteiger charge is -2.25. The van der Waals surface area contributed by atoms with Crippen LogP contribution in [-0.4, -0.2) is 39.0 Å². The van der Waals surface area contributed by atoms with E-state index in [1.165, 1.54) is 20.6 Å². The highest BCUT2D eigenvalue weighted by Crippen LogP contribution is 2.26. The fourth-order valence-electron chi connectivity index (χ4n) is 3.54. The third-order valence-corrected chi connectivity index (χ3v) is 6.95. The lowest BCUT2D eigenvalue weighted by Crippen LogP contribution is -2.40. The molecule has 1 atom stereocenters. The van der Waals surface area contributed by atoms with E-state index < -0.39 is 10.0 Å². The number of nitrogens with one attached hydrogen (secondary N) is 2. The first kappa shape index (κ1) is 18.9. The minimum Gasteiger partial charge on any atom is -0.379 e. The largest absolute Gasteiger partial charge is 0.379 e. The molecule has 0 unspecified atom stereocenters. The molecule has 1 aliphatic heterocycles. The maximum Gasteiger partial charge on any atom is 0.272 e. The van der Waals surface area contributed by atoms with Gasteiger partial charge in [-0.05, 0) is 23.8 Å². The zero-order valence-electron chi connectivity index (χ0n) is 15.8. The molecule has 1 saturated heterocycles. The van der Waals surface area contributed by atoms with Crippen LogP contribution in [0.5, 0.6) is 0 Å². The van der Waals surface area contributed by atoms with Crippen molar-refractivity contribution in [1.82, 2.24) is 4.31 Å². The van der Waals surface area contributed by atoms with Crippen LogP contribution in [0.25, 0.3) is 10.8 Å². The number of H-pyrrole nitrogens is 1. The van der Waals surface area contributed by atoms with Crippen molar-refractivity contribution in [2.24, 2.45) is 0 Å². The lowest BCUT2D eigenvalue weighted by molar-refractivity contribution is -0.364. The number of rotatable bonds is 5. The number of aromatic nitrogens is 1. The Bertz CT molecular complexity index is 1060. The maximum absolute atomic E-state index is 12.7. The van der Waals surface area contributed by atoms with Gasteiger partial charge in [-0.3, -0.25) is 5.32 Å². The normalized spacial score (nSPS) is 16.8. The average molecular weight is 399 g/mol. The van der Waals surface area contributed by atoms with Gasteiger partial charge in [-0.2, -0.15) is 4.31 Å². The van der Waals surface area contributed by atoms with Gasteiger partial charge < -0.3 is 4.74 Å². The third kappa shape index (κ3) is 3.73. The van der Waals surface area contributed by atoms with Crippen LogP contribution in [0.15, 0.2) is 65.7 Å². The van der Waals surface area contributed by atoms with Gasteiger partial charge in [-0.1, -0.05) is 42.5 Å². The van der Waals surface area contributed by atoms with Crippen molar-refractivity contribution in [3.63, 3.8) is 0 Å². The molecule has 0 aliphatic carbocycles. The number of fused-ring (bicyclic) bond motifs is 1. The molecule has 6 nitrogen and oxygen atoms in total. The van der Waals surface area contributed by atoms with Crippen molar-refractivity contribution in [3.8, 4) is 0 Å². The van der Waals surface area contributed by atoms with E-state index in [2.05, 4.69) is 47.6 Å². The summed E-state index contributed by atoms with van der Waals surface area (Å²) in [5, 5.41) is 5.83. The van der Waals surface area contributed by atoms with E-state index in [9.17, 15) is 8.42 Å². The van der Waals surface area contributed by atoms with Crippen LogP contribution in [0.3, 0.4) is 0 Å². The van der Waals surface area contributed by atoms with Gasteiger partial charge in [-0.15, -0.1) is 0 Å². The SMILES string of the molecule is C[C@H](Nc1ccc(S(=O)(=O)N2CCOCC2)c[nH+]1)c1cccc2ccccc12. The molecule has 4 rings (SSSR count). The predicted octanol–water partition coefficient (Wildman–Crippen LogP) is 2.85. The summed E-state index contributed by atoms with van der Waals surface area (Å²) in [6.45, 7) is 3.74. The highest BCUT2D eigenvalue weighted by atomic mass is 32.2. The molecule has 1 fully saturated rings. The molecule has 3 aromatic rings. The van der Waals surface area contributed by atoms with E-state index in [-0.39, 0.29) is 10.9 Å². The van der Waals surface area contributed by atoms with Crippen LogP contribution in [0, 0.1) is 0 Å². The Kier molecular flexibility index (Phi) is 5.30. The summed E-state index contributed by atoms with van der Waals surface area (Å²) < 4.78 is 32.1. The van der Waals surface area contributed by atoms with Crippen LogP contribution in [0.2, 0.25) is 0 Å². The number of anilines is 1. The molecule has 146 valence electrons. The molecule has 0 amide bonds. The monoisotopic (exact) mass is 398 g/mol. The van der Waals surface area contributed by atoms with Crippen molar-refractivity contribution >= 4 is 26.6 Å². The Morgan fingerprint density at radius 2 is 1.79 bits per heavy atom. The number of nitrogens with zero attached hydrogens (tertiary/aromatic N) is 1. The maximum atomic E-state index is 12.7. The molecule has 28 heavy (non-hydrogen) atoms. The van der Waals surface area contributed by atoms with Gasteiger partial charge in [0.25, 0.3) is 5.82 Å². The minimum absolute atomic E-state index is 0.0593. The van der Waals surface area contributed by atoms with E-state index >= 15 is 0 Å². The van der Waals surface area contributed by atoms with Crippen molar-refractivity contribution in [2.45, 2.75) is 17.9 Å². The molecule has 1 aromatic heterocycles. The third-order valence-electron chi connectivity index (χ3n) is 5.05. The molecule has 2 aromatic carbocycles. The van der Waals surface area contributed by atoms with Crippen LogP contribution in [0.4, 0.5) is 5.82 Å². The van der Waals surface area contributed by atoms with Gasteiger partial charge in [0.15, 0.2) is 0 Å². The quantitative estimate of drug-likeness (QED) is 0.717. The highest BCUT2D eigenvalue weighted by Gasteiger charge is 2.27. The highest BCUT2D eigenvalue weighted by molar-refractivity contribution is 7.89. The van der Waals surface area contributed by atoms with Crippen molar-refractivity contribution in [2.75, 3.05) is 31.6 Å². The number of aromatic amines is 1. The lowest BCUT2D eigenvalue weighted by atomic mass is 10.00. The molecule has 0 saturated carbocycles. The summed E-state index contributed by atoms with van der Waals surface area (Å²) in [6, 6.07) is 18.0. The molecule has 0 bridgehead atoms. The second-order valence-corrected chi connectivity index (χ2v) is 8.83. The van der Waals surface area contributed by atoms with Crippen LogP contribution in [-0.2, 0) is 14.8 Å². The van der Waals surface area contributed by atoms with Crippen molar-refractivity contribution in [3.05, 3.63) is 66.4 Å². The fourth-order valence-corrected chi connectivity index (χ4v) is 4.91. The van der Waals surface area contributed by atoms with Gasteiger partial charge in [-0.25, -0.2) is 13.4 Å². The predicted molar refractivity (Wildman–Crippen MR) is 109 cm³/mol. The van der Waals surface area contributed by atoms with E-state index in [0.717, 1.165) is 5.82 Å². The molecule has 2 N–H and O–H groups in total. The first-order valence-electron chi connectivity index (χ1n) is 9.39. The summed E-state index contributed by atoms with van der Waals surface area (Å²) in [7, 11) is -3.49. The standard InChI is InChI=1S/C21H23N3O3S/c1-16(19-8-4-6-17-5-2-3-7-20(17)19)23-21-10-9-18(15-22-21)28(25,26)24-11-13-27-14-12-24/h2-10,15-16H,11-14H2,1H3,(H,22,23)/p+1/t16-/m0/s1. The number of morpholine rings is 1. The average Bonchev–Trinajstić information content (AvgIpc) is 2.74. The fraction of sp³-hybridized carbons (Fsp3) is 0.286. The van der Waals surface area contributed by atoms with Crippen LogP contribution < -0.4 is 10.3 Å². The minimum atomic E-state index is -3.49. The summed E-state index contributed by atoms with van der Waals surface area (Å²) in [6.07, 6.45) is 1.54. The summed E-state index contributed by atoms with van der Waals surface area (Å²) in [5.41, 5.74) is 1.19. The van der Waals surface area contributed by atoms with Crippen LogP contribution in [0.1, 0.15) is 18.5 Å². The number of hydrogen-bond acceptors (Lipinski definition) is 4. The summed E-state index contributed by atoms with van der Waals surface area (Å²) in [4.78, 5) is 3.34. The topological polar surface area (TPSA) is 72.8 Å². The molecule has 1 aliphatic rings. The van der Waals surface area contributed by atoms with Gasteiger partial charge in [0, 0.05) is 24.7 Å². The molecule has 2 heterocycles. The van der Waals surface area contributed by atoms with E-state index in [4.69, 9.17) is 4.74 Å². The number of ether oxygens (including phenoxy) is 1. The first-order chi connectivity index (χ1) is 13.6. The van der Waals surface area contributed by atoms with Crippen LogP contribution >= 0.6 is 0 Å². The Labute approximate surface area is 165 Å². The zero-order valence-corrected chi connectivity index (χ0v) is 16.6. The zero-order chi connectivity index (χ0) is 19.6. The second kappa shape index (κ2) is 7.87. The molecule has 0 spiro atoms. The molecule has 7 heteroatoms. The molecule has 0 radical (unpaired) electrons. The van der Waals surface area contributed by atoms with E-state index in [0.29, 0.717) is 26.3 Å². The number of sulfonamides is 1. The van der Waals surface area contributed by atoms with E-state index in [1.807, 2.05) is 12.1 Å². The Morgan fingerprint density at radius 1 is 1.04 bits per heavy atom. The van der Waals surface area contributed by atoms with Crippen molar-refractivity contribution < 1.29 is 18.1 Å². The Morgan fingerprint density at radius 3 is 2.54 bits per heavy atom. The Hall–Kier alpha value is -2.48. The second-order valence-electron chi connectivity index (χ2n) is 6.89. The smallest absolute Gasteiger partial charge is 0.272 e. The number of pyridine rings is 1. The number of benzene rings is 2. The Balaban J connectivity index is 1.53. The van der Waals surface area contributed by atoms with Gasteiger partial charge in [0.2, 0.25) is 10.0 Å². The number of hydrogen-bond donors (Lipinski definition) is 1. The van der Waals surface area contributed by atoms with Gasteiger partial charge in [0.1, 0.15) is 17.1 Å². The summed E-state index contributed by atoms with van der Waals surface area (Å²) in [5.74, 6) is 0.765. The first-order valence-corrected chi connectivity index (χ1v) is 10.8. The van der Waals surface area contributed by atoms with E-state index in [1.54, 1.807) is 18.3 Å². The van der Waals surface area contributed by atoms with Crippen molar-refractivity contribution in [1.29, 1.82) is 0 Å². The molecular formula is C21H24N3O3S+. The van der Waals surface area contributed by atoms with Gasteiger partial charge in [0.05, 0.1) is 13.2 Å².